The molecule has 0 radical (unpaired) electrons. The Kier molecular flexibility index (Phi) is 3.46. The molecule has 0 saturated carbocycles. The highest BCUT2D eigenvalue weighted by atomic mass is 35.5. The summed E-state index contributed by atoms with van der Waals surface area (Å²) in [7, 11) is 0. The third-order valence-electron chi connectivity index (χ3n) is 3.66. The van der Waals surface area contributed by atoms with Crippen LogP contribution in [0, 0.1) is 11.6 Å². The van der Waals surface area contributed by atoms with E-state index in [0.29, 0.717) is 16.9 Å². The number of hydrogen-bond donors (Lipinski definition) is 0. The summed E-state index contributed by atoms with van der Waals surface area (Å²) in [6.07, 6.45) is 4.76. The molecule has 0 fully saturated rings. The molecule has 0 atom stereocenters. The van der Waals surface area contributed by atoms with Gasteiger partial charge >= 0.3 is 0 Å². The summed E-state index contributed by atoms with van der Waals surface area (Å²) in [5.74, 6) is -1.53. The molecule has 4 rings (SSSR count). The van der Waals surface area contributed by atoms with Crippen LogP contribution in [0.15, 0.2) is 55.1 Å². The average molecular weight is 343 g/mol. The second-order valence-corrected chi connectivity index (χ2v) is 5.53. The van der Waals surface area contributed by atoms with Crippen molar-refractivity contribution in [3.63, 3.8) is 0 Å². The standard InChI is InChI=1S/C17H9ClF2N4/c18-13-6-12(14(19)7-15(13)20)17-11(2-1-5-21-17)10-3-4-16-22-9-23-24(16)8-10/h1-9H. The summed E-state index contributed by atoms with van der Waals surface area (Å²) in [5, 5.41) is 3.93. The summed E-state index contributed by atoms with van der Waals surface area (Å²) < 4.78 is 29.3. The predicted molar refractivity (Wildman–Crippen MR) is 86.6 cm³/mol. The molecule has 0 spiro atoms. The van der Waals surface area contributed by atoms with E-state index in [1.54, 1.807) is 35.1 Å². The molecule has 0 saturated heterocycles. The van der Waals surface area contributed by atoms with Crippen LogP contribution >= 0.6 is 11.6 Å². The first-order valence-electron chi connectivity index (χ1n) is 7.03. The minimum absolute atomic E-state index is 0.135. The van der Waals surface area contributed by atoms with Crippen molar-refractivity contribution in [1.29, 1.82) is 0 Å². The monoisotopic (exact) mass is 342 g/mol. The Balaban J connectivity index is 1.94. The molecule has 0 amide bonds. The minimum atomic E-state index is -0.806. The van der Waals surface area contributed by atoms with E-state index < -0.39 is 11.6 Å². The Labute approximate surface area is 140 Å². The Morgan fingerprint density at radius 3 is 2.71 bits per heavy atom. The molecule has 24 heavy (non-hydrogen) atoms. The Morgan fingerprint density at radius 1 is 0.958 bits per heavy atom. The van der Waals surface area contributed by atoms with Gasteiger partial charge in [-0.05, 0) is 24.3 Å². The molecule has 3 aromatic heterocycles. The van der Waals surface area contributed by atoms with E-state index in [-0.39, 0.29) is 10.6 Å². The second-order valence-electron chi connectivity index (χ2n) is 5.13. The number of pyridine rings is 2. The van der Waals surface area contributed by atoms with Gasteiger partial charge in [0, 0.05) is 35.2 Å². The van der Waals surface area contributed by atoms with E-state index in [9.17, 15) is 8.78 Å². The first-order chi connectivity index (χ1) is 11.6. The van der Waals surface area contributed by atoms with Gasteiger partial charge in [-0.15, -0.1) is 0 Å². The number of nitrogens with zero attached hydrogens (tertiary/aromatic N) is 4. The van der Waals surface area contributed by atoms with Crippen molar-refractivity contribution in [2.24, 2.45) is 0 Å². The molecular weight excluding hydrogens is 334 g/mol. The topological polar surface area (TPSA) is 43.1 Å². The number of fused-ring (bicyclic) bond motifs is 1. The fraction of sp³-hybridized carbons (Fsp3) is 0. The van der Waals surface area contributed by atoms with Crippen molar-refractivity contribution in [3.8, 4) is 22.4 Å². The van der Waals surface area contributed by atoms with E-state index in [1.165, 1.54) is 12.4 Å². The van der Waals surface area contributed by atoms with Crippen LogP contribution in [0.5, 0.6) is 0 Å². The number of benzene rings is 1. The molecule has 0 bridgehead atoms. The van der Waals surface area contributed by atoms with Crippen molar-refractivity contribution >= 4 is 17.2 Å². The van der Waals surface area contributed by atoms with Crippen LogP contribution in [-0.2, 0) is 0 Å². The fourth-order valence-corrected chi connectivity index (χ4v) is 2.70. The maximum atomic E-state index is 14.2. The average Bonchev–Trinajstić information content (AvgIpc) is 3.06. The van der Waals surface area contributed by atoms with E-state index in [2.05, 4.69) is 15.1 Å². The molecule has 4 aromatic rings. The zero-order valence-corrected chi connectivity index (χ0v) is 12.9. The molecule has 0 unspecified atom stereocenters. The first kappa shape index (κ1) is 14.7. The van der Waals surface area contributed by atoms with Crippen LogP contribution in [0.25, 0.3) is 28.0 Å². The number of rotatable bonds is 2. The SMILES string of the molecule is Fc1cc(F)c(-c2ncccc2-c2ccc3ncnn3c2)cc1Cl. The van der Waals surface area contributed by atoms with Gasteiger partial charge in [-0.25, -0.2) is 18.3 Å². The molecule has 0 aliphatic heterocycles. The van der Waals surface area contributed by atoms with Gasteiger partial charge in [-0.3, -0.25) is 4.98 Å². The molecule has 4 nitrogen and oxygen atoms in total. The highest BCUT2D eigenvalue weighted by molar-refractivity contribution is 6.31. The summed E-state index contributed by atoms with van der Waals surface area (Å²) in [6.45, 7) is 0. The minimum Gasteiger partial charge on any atom is -0.255 e. The predicted octanol–water partition coefficient (Wildman–Crippen LogP) is 4.39. The third kappa shape index (κ3) is 2.41. The van der Waals surface area contributed by atoms with Gasteiger partial charge in [0.1, 0.15) is 18.0 Å². The highest BCUT2D eigenvalue weighted by Crippen LogP contribution is 2.34. The van der Waals surface area contributed by atoms with Crippen LogP contribution in [0.3, 0.4) is 0 Å². The summed E-state index contributed by atoms with van der Waals surface area (Å²) >= 11 is 5.81. The normalized spacial score (nSPS) is 11.1. The lowest BCUT2D eigenvalue weighted by atomic mass is 10.0. The molecule has 7 heteroatoms. The molecule has 0 aliphatic carbocycles. The molecule has 1 aromatic carbocycles. The summed E-state index contributed by atoms with van der Waals surface area (Å²) in [6, 6.07) is 9.19. The van der Waals surface area contributed by atoms with Crippen molar-refractivity contribution in [3.05, 3.63) is 71.8 Å². The Morgan fingerprint density at radius 2 is 1.83 bits per heavy atom. The van der Waals surface area contributed by atoms with Gasteiger partial charge in [-0.1, -0.05) is 17.7 Å². The number of hydrogen-bond acceptors (Lipinski definition) is 3. The van der Waals surface area contributed by atoms with E-state index in [1.807, 2.05) is 6.07 Å². The second kappa shape index (κ2) is 5.65. The van der Waals surface area contributed by atoms with Gasteiger partial charge in [0.2, 0.25) is 0 Å². The smallest absolute Gasteiger partial charge is 0.155 e. The lowest BCUT2D eigenvalue weighted by Gasteiger charge is -2.10. The van der Waals surface area contributed by atoms with Crippen LogP contribution in [0.1, 0.15) is 0 Å². The highest BCUT2D eigenvalue weighted by Gasteiger charge is 2.16. The zero-order chi connectivity index (χ0) is 16.7. The zero-order valence-electron chi connectivity index (χ0n) is 12.1. The lowest BCUT2D eigenvalue weighted by Crippen LogP contribution is -1.95. The summed E-state index contributed by atoms with van der Waals surface area (Å²) in [4.78, 5) is 8.34. The summed E-state index contributed by atoms with van der Waals surface area (Å²) in [5.41, 5.74) is 2.65. The van der Waals surface area contributed by atoms with Gasteiger partial charge in [0.15, 0.2) is 5.65 Å². The van der Waals surface area contributed by atoms with Crippen molar-refractivity contribution in [2.75, 3.05) is 0 Å². The van der Waals surface area contributed by atoms with E-state index in [0.717, 1.165) is 11.6 Å². The van der Waals surface area contributed by atoms with Gasteiger partial charge in [0.05, 0.1) is 10.7 Å². The molecular formula is C17H9ClF2N4. The van der Waals surface area contributed by atoms with Crippen molar-refractivity contribution in [1.82, 2.24) is 19.6 Å². The van der Waals surface area contributed by atoms with Gasteiger partial charge in [-0.2, -0.15) is 5.10 Å². The maximum Gasteiger partial charge on any atom is 0.155 e. The fourth-order valence-electron chi connectivity index (χ4n) is 2.53. The largest absolute Gasteiger partial charge is 0.255 e. The van der Waals surface area contributed by atoms with E-state index >= 15 is 0 Å². The van der Waals surface area contributed by atoms with Gasteiger partial charge < -0.3 is 0 Å². The third-order valence-corrected chi connectivity index (χ3v) is 3.95. The maximum absolute atomic E-state index is 14.2. The van der Waals surface area contributed by atoms with Crippen molar-refractivity contribution < 1.29 is 8.78 Å². The lowest BCUT2D eigenvalue weighted by molar-refractivity contribution is 0.585. The number of halogens is 3. The Hall–Kier alpha value is -2.86. The molecule has 3 heterocycles. The van der Waals surface area contributed by atoms with Gasteiger partial charge in [0.25, 0.3) is 0 Å². The van der Waals surface area contributed by atoms with Crippen LogP contribution in [0.4, 0.5) is 8.78 Å². The number of aromatic nitrogens is 4. The van der Waals surface area contributed by atoms with Crippen molar-refractivity contribution in [2.45, 2.75) is 0 Å². The molecule has 0 aliphatic rings. The first-order valence-corrected chi connectivity index (χ1v) is 7.41. The van der Waals surface area contributed by atoms with E-state index in [4.69, 9.17) is 11.6 Å². The Bertz CT molecular complexity index is 1060. The van der Waals surface area contributed by atoms with Crippen LogP contribution in [0.2, 0.25) is 5.02 Å². The molecule has 0 N–H and O–H groups in total. The van der Waals surface area contributed by atoms with Crippen LogP contribution in [-0.4, -0.2) is 19.6 Å². The quantitative estimate of drug-likeness (QED) is 0.507. The van der Waals surface area contributed by atoms with Crippen LogP contribution < -0.4 is 0 Å². The molecule has 118 valence electrons.